The van der Waals surface area contributed by atoms with Gasteiger partial charge in [0.1, 0.15) is 0 Å². The number of nitrogens with one attached hydrogen (secondary N) is 2. The van der Waals surface area contributed by atoms with E-state index in [1.54, 1.807) is 11.3 Å². The van der Waals surface area contributed by atoms with Gasteiger partial charge in [-0.05, 0) is 50.5 Å². The smallest absolute Gasteiger partial charge is 0.319 e. The van der Waals surface area contributed by atoms with Crippen molar-refractivity contribution in [1.29, 1.82) is 0 Å². The van der Waals surface area contributed by atoms with Crippen LogP contribution in [-0.4, -0.2) is 27.3 Å². The largest absolute Gasteiger partial charge is 0.338 e. The molecule has 130 valence electrons. The molecule has 0 aliphatic heterocycles. The van der Waals surface area contributed by atoms with Crippen molar-refractivity contribution in [2.24, 2.45) is 0 Å². The molecule has 2 amide bonds. The normalized spacial score (nSPS) is 14.0. The number of anilines is 1. The van der Waals surface area contributed by atoms with Crippen molar-refractivity contribution in [3.05, 3.63) is 41.2 Å². The standard InChI is InChI=1S/C18H21N5OS/c1-12-21-15-11-14(5-6-17(15)25-12)22-18(24)19-8-2-10-23-16(7-9-20-23)13-3-4-13/h5-7,9,11,13H,2-4,8,10H2,1H3,(H2,19,22,24). The summed E-state index contributed by atoms with van der Waals surface area (Å²) in [6.07, 6.45) is 5.27. The second kappa shape index (κ2) is 6.84. The van der Waals surface area contributed by atoms with Crippen LogP contribution in [0.25, 0.3) is 10.2 Å². The number of fused-ring (bicyclic) bond motifs is 1. The Morgan fingerprint density at radius 2 is 2.24 bits per heavy atom. The first-order valence-corrected chi connectivity index (χ1v) is 9.44. The van der Waals surface area contributed by atoms with Crippen LogP contribution in [0.2, 0.25) is 0 Å². The first kappa shape index (κ1) is 16.1. The van der Waals surface area contributed by atoms with Crippen molar-refractivity contribution in [1.82, 2.24) is 20.1 Å². The number of rotatable bonds is 6. The molecule has 2 aromatic heterocycles. The summed E-state index contributed by atoms with van der Waals surface area (Å²) in [6, 6.07) is 7.73. The third-order valence-corrected chi connectivity index (χ3v) is 5.28. The van der Waals surface area contributed by atoms with Gasteiger partial charge in [-0.15, -0.1) is 11.3 Å². The quantitative estimate of drug-likeness (QED) is 0.659. The molecule has 4 rings (SSSR count). The van der Waals surface area contributed by atoms with E-state index in [0.717, 1.165) is 33.9 Å². The van der Waals surface area contributed by atoms with E-state index in [-0.39, 0.29) is 6.03 Å². The average molecular weight is 355 g/mol. The van der Waals surface area contributed by atoms with Crippen LogP contribution in [0.5, 0.6) is 0 Å². The summed E-state index contributed by atoms with van der Waals surface area (Å²) in [5.41, 5.74) is 3.02. The first-order valence-electron chi connectivity index (χ1n) is 8.63. The molecule has 0 spiro atoms. The average Bonchev–Trinajstić information content (AvgIpc) is 3.20. The third-order valence-electron chi connectivity index (χ3n) is 4.33. The predicted octanol–water partition coefficient (Wildman–Crippen LogP) is 3.89. The van der Waals surface area contributed by atoms with E-state index in [2.05, 4.69) is 31.5 Å². The fourth-order valence-electron chi connectivity index (χ4n) is 2.98. The van der Waals surface area contributed by atoms with Gasteiger partial charge in [0.15, 0.2) is 0 Å². The van der Waals surface area contributed by atoms with Crippen molar-refractivity contribution in [3.63, 3.8) is 0 Å². The molecule has 1 aliphatic rings. The Morgan fingerprint density at radius 1 is 1.36 bits per heavy atom. The van der Waals surface area contributed by atoms with Gasteiger partial charge in [0, 0.05) is 36.6 Å². The third kappa shape index (κ3) is 3.82. The fourth-order valence-corrected chi connectivity index (χ4v) is 3.79. The van der Waals surface area contributed by atoms with Crippen molar-refractivity contribution < 1.29 is 4.79 Å². The molecule has 2 heterocycles. The zero-order chi connectivity index (χ0) is 17.2. The molecule has 25 heavy (non-hydrogen) atoms. The number of benzene rings is 1. The zero-order valence-corrected chi connectivity index (χ0v) is 15.0. The van der Waals surface area contributed by atoms with Crippen LogP contribution in [0.15, 0.2) is 30.5 Å². The second-order valence-corrected chi connectivity index (χ2v) is 7.64. The molecule has 0 saturated heterocycles. The SMILES string of the molecule is Cc1nc2cc(NC(=O)NCCCn3nccc3C3CC3)ccc2s1. The van der Waals surface area contributed by atoms with E-state index in [4.69, 9.17) is 0 Å². The van der Waals surface area contributed by atoms with Gasteiger partial charge in [0.25, 0.3) is 0 Å². The van der Waals surface area contributed by atoms with Gasteiger partial charge in [-0.2, -0.15) is 5.10 Å². The predicted molar refractivity (Wildman–Crippen MR) is 100 cm³/mol. The molecule has 0 atom stereocenters. The number of amides is 2. The van der Waals surface area contributed by atoms with Crippen LogP contribution in [-0.2, 0) is 6.54 Å². The maximum absolute atomic E-state index is 12.0. The second-order valence-electron chi connectivity index (χ2n) is 6.40. The molecule has 2 N–H and O–H groups in total. The number of carbonyl (C=O) groups is 1. The first-order chi connectivity index (χ1) is 12.2. The van der Waals surface area contributed by atoms with Crippen molar-refractivity contribution >= 4 is 33.3 Å². The summed E-state index contributed by atoms with van der Waals surface area (Å²) in [4.78, 5) is 16.5. The number of aryl methyl sites for hydroxylation is 2. The number of aromatic nitrogens is 3. The summed E-state index contributed by atoms with van der Waals surface area (Å²) in [5, 5.41) is 11.2. The summed E-state index contributed by atoms with van der Waals surface area (Å²) < 4.78 is 3.20. The number of hydrogen-bond donors (Lipinski definition) is 2. The molecule has 0 bridgehead atoms. The molecule has 3 aromatic rings. The van der Waals surface area contributed by atoms with Crippen LogP contribution in [0.1, 0.15) is 35.9 Å². The Balaban J connectivity index is 1.25. The van der Waals surface area contributed by atoms with Crippen molar-refractivity contribution in [2.45, 2.75) is 38.6 Å². The summed E-state index contributed by atoms with van der Waals surface area (Å²) in [5.74, 6) is 0.697. The highest BCUT2D eigenvalue weighted by atomic mass is 32.1. The van der Waals surface area contributed by atoms with Crippen molar-refractivity contribution in [3.8, 4) is 0 Å². The molecule has 0 unspecified atom stereocenters. The van der Waals surface area contributed by atoms with Crippen molar-refractivity contribution in [2.75, 3.05) is 11.9 Å². The molecule has 0 radical (unpaired) electrons. The number of thiazole rings is 1. The monoisotopic (exact) mass is 355 g/mol. The maximum Gasteiger partial charge on any atom is 0.319 e. The highest BCUT2D eigenvalue weighted by molar-refractivity contribution is 7.18. The van der Waals surface area contributed by atoms with Gasteiger partial charge in [-0.3, -0.25) is 4.68 Å². The number of carbonyl (C=O) groups excluding carboxylic acids is 1. The molecule has 1 aliphatic carbocycles. The van der Waals surface area contributed by atoms with E-state index < -0.39 is 0 Å². The van der Waals surface area contributed by atoms with Gasteiger partial charge in [-0.1, -0.05) is 0 Å². The zero-order valence-electron chi connectivity index (χ0n) is 14.2. The molecular formula is C18H21N5OS. The number of hydrogen-bond acceptors (Lipinski definition) is 4. The topological polar surface area (TPSA) is 71.8 Å². The Kier molecular flexibility index (Phi) is 4.40. The summed E-state index contributed by atoms with van der Waals surface area (Å²) in [6.45, 7) is 3.44. The molecular weight excluding hydrogens is 334 g/mol. The fraction of sp³-hybridized carbons (Fsp3) is 0.389. The van der Waals surface area contributed by atoms with Gasteiger partial charge in [0.05, 0.1) is 15.2 Å². The van der Waals surface area contributed by atoms with Gasteiger partial charge in [0.2, 0.25) is 0 Å². The van der Waals surface area contributed by atoms with Crippen LogP contribution < -0.4 is 10.6 Å². The van der Waals surface area contributed by atoms with E-state index >= 15 is 0 Å². The Morgan fingerprint density at radius 3 is 3.08 bits per heavy atom. The van der Waals surface area contributed by atoms with Crippen LogP contribution in [0.3, 0.4) is 0 Å². The van der Waals surface area contributed by atoms with E-state index in [1.807, 2.05) is 31.3 Å². The summed E-state index contributed by atoms with van der Waals surface area (Å²) in [7, 11) is 0. The number of nitrogens with zero attached hydrogens (tertiary/aromatic N) is 3. The molecule has 7 heteroatoms. The van der Waals surface area contributed by atoms with Gasteiger partial charge in [-0.25, -0.2) is 9.78 Å². The Labute approximate surface area is 150 Å². The van der Waals surface area contributed by atoms with Crippen LogP contribution >= 0.6 is 11.3 Å². The Bertz CT molecular complexity index is 896. The highest BCUT2D eigenvalue weighted by Gasteiger charge is 2.26. The lowest BCUT2D eigenvalue weighted by Gasteiger charge is -2.09. The lowest BCUT2D eigenvalue weighted by atomic mass is 10.3. The van der Waals surface area contributed by atoms with E-state index in [0.29, 0.717) is 12.5 Å². The maximum atomic E-state index is 12.0. The lowest BCUT2D eigenvalue weighted by Crippen LogP contribution is -2.30. The highest BCUT2D eigenvalue weighted by Crippen LogP contribution is 2.39. The summed E-state index contributed by atoms with van der Waals surface area (Å²) >= 11 is 1.66. The number of urea groups is 1. The van der Waals surface area contributed by atoms with Crippen LogP contribution in [0, 0.1) is 6.92 Å². The minimum absolute atomic E-state index is 0.186. The lowest BCUT2D eigenvalue weighted by molar-refractivity contribution is 0.251. The minimum Gasteiger partial charge on any atom is -0.338 e. The van der Waals surface area contributed by atoms with Gasteiger partial charge >= 0.3 is 6.03 Å². The van der Waals surface area contributed by atoms with E-state index in [9.17, 15) is 4.79 Å². The van der Waals surface area contributed by atoms with Gasteiger partial charge < -0.3 is 10.6 Å². The molecule has 1 saturated carbocycles. The molecule has 1 fully saturated rings. The Hall–Kier alpha value is -2.41. The van der Waals surface area contributed by atoms with E-state index in [1.165, 1.54) is 18.5 Å². The molecule has 1 aromatic carbocycles. The molecule has 6 nitrogen and oxygen atoms in total. The van der Waals surface area contributed by atoms with Crippen LogP contribution in [0.4, 0.5) is 10.5 Å². The minimum atomic E-state index is -0.186.